The molecule has 8 N–H and O–H groups in total. The first-order valence-electron chi connectivity index (χ1n) is 7.64. The highest BCUT2D eigenvalue weighted by Gasteiger charge is 2.43. The predicted molar refractivity (Wildman–Crippen MR) is 87.6 cm³/mol. The molecule has 0 radical (unpaired) electrons. The molecular formula is C13H17N9O5. The fraction of sp³-hybridized carbons (Fsp3) is 0.385. The number of primary amides is 1. The van der Waals surface area contributed by atoms with Gasteiger partial charge in [0.2, 0.25) is 5.82 Å². The van der Waals surface area contributed by atoms with Crippen LogP contribution < -0.4 is 11.5 Å². The Hall–Kier alpha value is -3.20. The van der Waals surface area contributed by atoms with E-state index in [1.807, 2.05) is 0 Å². The number of nitrogens with one attached hydrogen (secondary N) is 1. The summed E-state index contributed by atoms with van der Waals surface area (Å²) in [6.45, 7) is -0.390. The van der Waals surface area contributed by atoms with Crippen LogP contribution in [-0.4, -0.2) is 80.8 Å². The molecule has 1 amide bonds. The summed E-state index contributed by atoms with van der Waals surface area (Å²) in [5.74, 6) is -0.289. The van der Waals surface area contributed by atoms with Gasteiger partial charge < -0.3 is 31.5 Å². The van der Waals surface area contributed by atoms with Crippen LogP contribution in [0.25, 0.3) is 11.2 Å². The second-order valence-corrected chi connectivity index (χ2v) is 5.51. The minimum atomic E-state index is -1.19. The molecule has 1 fully saturated rings. The lowest BCUT2D eigenvalue weighted by atomic mass is 10.1. The van der Waals surface area contributed by atoms with Crippen LogP contribution in [-0.2, 0) is 4.74 Å². The molecular weight excluding hydrogens is 362 g/mol. The number of H-pyrrole nitrogens is 1. The van der Waals surface area contributed by atoms with Gasteiger partial charge in [0, 0.05) is 0 Å². The summed E-state index contributed by atoms with van der Waals surface area (Å²) in [6.07, 6.45) is -0.201. The number of rotatable bonds is 3. The van der Waals surface area contributed by atoms with Crippen molar-refractivity contribution in [2.75, 3.05) is 12.3 Å². The number of amides is 1. The third-order valence-electron chi connectivity index (χ3n) is 3.83. The van der Waals surface area contributed by atoms with Crippen LogP contribution in [0, 0.1) is 0 Å². The zero-order valence-electron chi connectivity index (χ0n) is 13.7. The first kappa shape index (κ1) is 18.6. The number of nitrogen functional groups attached to an aromatic ring is 1. The van der Waals surface area contributed by atoms with Gasteiger partial charge in [0.05, 0.1) is 12.9 Å². The number of hydrogen-bond donors (Lipinski definition) is 6. The van der Waals surface area contributed by atoms with Crippen molar-refractivity contribution < 1.29 is 24.9 Å². The summed E-state index contributed by atoms with van der Waals surface area (Å²) in [5.41, 5.74) is 11.2. The minimum Gasteiger partial charge on any atom is -0.394 e. The molecule has 0 spiro atoms. The van der Waals surface area contributed by atoms with Crippen molar-refractivity contribution in [2.24, 2.45) is 5.73 Å². The average molecular weight is 379 g/mol. The van der Waals surface area contributed by atoms with E-state index < -0.39 is 37.1 Å². The molecule has 0 aliphatic carbocycles. The van der Waals surface area contributed by atoms with E-state index in [0.29, 0.717) is 11.2 Å². The number of ether oxygens (including phenoxy) is 1. The first-order valence-corrected chi connectivity index (χ1v) is 7.64. The molecule has 0 saturated carbocycles. The van der Waals surface area contributed by atoms with Crippen LogP contribution in [0.3, 0.4) is 0 Å². The standard InChI is InChI=1S/C10H13N5O4.C3H4N4O/c11-8-5-9(13-2-12-8)15(3-14-5)10-7(18)6(17)4(1-16)19-10;4-2(8)3-5-1-6-7-3/h2-4,6-7,10,16-18H,1H2,(H2,11,12,13);1H,(H2,4,8)(H,5,6,7)/t4-,6-,7-,10-;/m1./s1. The smallest absolute Gasteiger partial charge is 0.286 e. The Bertz CT molecular complexity index is 914. The number of aliphatic hydroxyl groups is 3. The summed E-state index contributed by atoms with van der Waals surface area (Å²) < 4.78 is 6.85. The molecule has 1 aliphatic heterocycles. The number of nitrogens with zero attached hydrogens (tertiary/aromatic N) is 6. The Kier molecular flexibility index (Phi) is 5.22. The number of fused-ring (bicyclic) bond motifs is 1. The number of carbonyl (C=O) groups is 1. The summed E-state index contributed by atoms with van der Waals surface area (Å²) in [5, 5.41) is 34.4. The van der Waals surface area contributed by atoms with E-state index in [9.17, 15) is 15.0 Å². The molecule has 4 rings (SSSR count). The Labute approximate surface area is 150 Å². The lowest BCUT2D eigenvalue weighted by molar-refractivity contribution is -0.0511. The lowest BCUT2D eigenvalue weighted by Crippen LogP contribution is -2.33. The Morgan fingerprint density at radius 1 is 1.22 bits per heavy atom. The topological polar surface area (TPSA) is 224 Å². The van der Waals surface area contributed by atoms with Crippen molar-refractivity contribution in [3.05, 3.63) is 24.8 Å². The van der Waals surface area contributed by atoms with E-state index in [1.54, 1.807) is 0 Å². The average Bonchev–Trinajstić information content (AvgIpc) is 3.37. The van der Waals surface area contributed by atoms with Gasteiger partial charge in [-0.2, -0.15) is 5.10 Å². The molecule has 4 atom stereocenters. The molecule has 1 aliphatic rings. The first-order chi connectivity index (χ1) is 12.9. The molecule has 4 heterocycles. The fourth-order valence-corrected chi connectivity index (χ4v) is 2.49. The quantitative estimate of drug-likeness (QED) is 0.267. The van der Waals surface area contributed by atoms with Crippen LogP contribution in [0.1, 0.15) is 16.8 Å². The molecule has 3 aromatic rings. The van der Waals surface area contributed by atoms with Gasteiger partial charge in [-0.1, -0.05) is 0 Å². The number of aromatic amines is 1. The number of carbonyl (C=O) groups excluding carboxylic acids is 1. The maximum absolute atomic E-state index is 10.2. The third-order valence-corrected chi connectivity index (χ3v) is 3.83. The van der Waals surface area contributed by atoms with E-state index >= 15 is 0 Å². The van der Waals surface area contributed by atoms with Crippen molar-refractivity contribution in [3.8, 4) is 0 Å². The van der Waals surface area contributed by atoms with Gasteiger partial charge in [0.25, 0.3) is 5.91 Å². The monoisotopic (exact) mass is 379 g/mol. The maximum Gasteiger partial charge on any atom is 0.286 e. The maximum atomic E-state index is 10.2. The van der Waals surface area contributed by atoms with Gasteiger partial charge in [-0.25, -0.2) is 19.9 Å². The van der Waals surface area contributed by atoms with Gasteiger partial charge in [0.1, 0.15) is 36.5 Å². The van der Waals surface area contributed by atoms with E-state index in [4.69, 9.17) is 21.3 Å². The van der Waals surface area contributed by atoms with Crippen LogP contribution in [0.15, 0.2) is 19.0 Å². The molecule has 14 heteroatoms. The Morgan fingerprint density at radius 2 is 2.00 bits per heavy atom. The number of nitrogens with two attached hydrogens (primary N) is 2. The third kappa shape index (κ3) is 3.54. The van der Waals surface area contributed by atoms with Crippen molar-refractivity contribution in [2.45, 2.75) is 24.5 Å². The molecule has 144 valence electrons. The second kappa shape index (κ2) is 7.58. The molecule has 27 heavy (non-hydrogen) atoms. The number of anilines is 1. The molecule has 3 aromatic heterocycles. The van der Waals surface area contributed by atoms with Crippen molar-refractivity contribution in [3.63, 3.8) is 0 Å². The van der Waals surface area contributed by atoms with Crippen LogP contribution in [0.5, 0.6) is 0 Å². The van der Waals surface area contributed by atoms with Crippen molar-refractivity contribution in [1.82, 2.24) is 34.7 Å². The SMILES string of the molecule is NC(=O)c1ncn[nH]1.Nc1ncnc2c1ncn2[C@@H]1O[C@H](CO)[C@@H](O)[C@H]1O. The molecule has 0 aromatic carbocycles. The highest BCUT2D eigenvalue weighted by Crippen LogP contribution is 2.31. The molecule has 0 bridgehead atoms. The van der Waals surface area contributed by atoms with E-state index in [-0.39, 0.29) is 11.6 Å². The van der Waals surface area contributed by atoms with Crippen molar-refractivity contribution >= 4 is 22.9 Å². The predicted octanol–water partition coefficient (Wildman–Crippen LogP) is -3.08. The zero-order chi connectivity index (χ0) is 19.6. The van der Waals surface area contributed by atoms with Crippen molar-refractivity contribution in [1.29, 1.82) is 0 Å². The summed E-state index contributed by atoms with van der Waals surface area (Å²) in [7, 11) is 0. The van der Waals surface area contributed by atoms with Gasteiger partial charge in [0.15, 0.2) is 17.7 Å². The lowest BCUT2D eigenvalue weighted by Gasteiger charge is -2.16. The fourth-order valence-electron chi connectivity index (χ4n) is 2.49. The minimum absolute atomic E-state index is 0.0880. The van der Waals surface area contributed by atoms with Crippen LogP contribution in [0.2, 0.25) is 0 Å². The molecule has 1 saturated heterocycles. The second-order valence-electron chi connectivity index (χ2n) is 5.51. The number of aliphatic hydroxyl groups excluding tert-OH is 3. The normalized spacial score (nSPS) is 24.6. The summed E-state index contributed by atoms with van der Waals surface area (Å²) >= 11 is 0. The van der Waals surface area contributed by atoms with E-state index in [1.165, 1.54) is 23.5 Å². The number of aromatic nitrogens is 7. The molecule has 14 nitrogen and oxygen atoms in total. The van der Waals surface area contributed by atoms with Crippen LogP contribution >= 0.6 is 0 Å². The Morgan fingerprint density at radius 3 is 2.56 bits per heavy atom. The summed E-state index contributed by atoms with van der Waals surface area (Å²) in [4.78, 5) is 25.5. The van der Waals surface area contributed by atoms with Gasteiger partial charge in [-0.05, 0) is 0 Å². The van der Waals surface area contributed by atoms with E-state index in [2.05, 4.69) is 30.1 Å². The van der Waals surface area contributed by atoms with Gasteiger partial charge >= 0.3 is 0 Å². The number of hydrogen-bond acceptors (Lipinski definition) is 11. The van der Waals surface area contributed by atoms with E-state index in [0.717, 1.165) is 0 Å². The highest BCUT2D eigenvalue weighted by molar-refractivity contribution is 5.88. The zero-order valence-corrected chi connectivity index (χ0v) is 13.7. The highest BCUT2D eigenvalue weighted by atomic mass is 16.6. The summed E-state index contributed by atoms with van der Waals surface area (Å²) in [6, 6.07) is 0. The van der Waals surface area contributed by atoms with Gasteiger partial charge in [-0.3, -0.25) is 14.5 Å². The van der Waals surface area contributed by atoms with Gasteiger partial charge in [-0.15, -0.1) is 0 Å². The Balaban J connectivity index is 0.000000221. The largest absolute Gasteiger partial charge is 0.394 e. The molecule has 0 unspecified atom stereocenters. The van der Waals surface area contributed by atoms with Crippen LogP contribution in [0.4, 0.5) is 5.82 Å². The number of imidazole rings is 1.